The summed E-state index contributed by atoms with van der Waals surface area (Å²) in [4.78, 5) is 6.91. The van der Waals surface area contributed by atoms with Crippen molar-refractivity contribution >= 4 is 29.9 Å². The number of guanidine groups is 1. The summed E-state index contributed by atoms with van der Waals surface area (Å²) in [5.74, 6) is 3.39. The predicted molar refractivity (Wildman–Crippen MR) is 121 cm³/mol. The first-order chi connectivity index (χ1) is 12.1. The maximum atomic E-state index is 5.26. The van der Waals surface area contributed by atoms with E-state index in [-0.39, 0.29) is 24.0 Å². The molecule has 2 rings (SSSR count). The average molecular weight is 474 g/mol. The summed E-state index contributed by atoms with van der Waals surface area (Å²) in [5, 5.41) is 6.77. The second kappa shape index (κ2) is 12.4. The second-order valence-electron chi connectivity index (χ2n) is 7.26. The molecule has 1 aliphatic rings. The molecule has 1 aromatic carbocycles. The van der Waals surface area contributed by atoms with Crippen LogP contribution in [0.3, 0.4) is 0 Å². The average Bonchev–Trinajstić information content (AvgIpc) is 2.60. The van der Waals surface area contributed by atoms with Gasteiger partial charge in [0.25, 0.3) is 0 Å². The van der Waals surface area contributed by atoms with E-state index in [9.17, 15) is 0 Å². The standard InChI is InChI=1S/C20H34N4O.HI/c1-16-11-17(2)15-24(14-16)10-6-9-22-20(21-3)23-13-18-7-5-8-19(12-18)25-4;/h5,7-8,12,16-17H,6,9-11,13-15H2,1-4H3,(H2,21,22,23);1H. The van der Waals surface area contributed by atoms with Crippen LogP contribution >= 0.6 is 24.0 Å². The molecule has 6 heteroatoms. The first-order valence-corrected chi connectivity index (χ1v) is 9.40. The third-order valence-corrected chi connectivity index (χ3v) is 4.71. The molecule has 1 aromatic rings. The lowest BCUT2D eigenvalue weighted by atomic mass is 9.92. The molecule has 0 aromatic heterocycles. The Morgan fingerprint density at radius 1 is 1.23 bits per heavy atom. The highest BCUT2D eigenvalue weighted by molar-refractivity contribution is 14.0. The van der Waals surface area contributed by atoms with Gasteiger partial charge in [-0.15, -0.1) is 24.0 Å². The van der Waals surface area contributed by atoms with E-state index in [2.05, 4.69) is 40.4 Å². The maximum Gasteiger partial charge on any atom is 0.191 e. The number of nitrogens with zero attached hydrogens (tertiary/aromatic N) is 2. The molecule has 0 radical (unpaired) electrons. The fourth-order valence-electron chi connectivity index (χ4n) is 3.67. The lowest BCUT2D eigenvalue weighted by Gasteiger charge is -2.35. The van der Waals surface area contributed by atoms with E-state index in [0.717, 1.165) is 49.6 Å². The van der Waals surface area contributed by atoms with Crippen molar-refractivity contribution in [1.29, 1.82) is 0 Å². The van der Waals surface area contributed by atoms with E-state index in [1.165, 1.54) is 25.1 Å². The van der Waals surface area contributed by atoms with E-state index in [4.69, 9.17) is 4.74 Å². The Hall–Kier alpha value is -1.02. The third-order valence-electron chi connectivity index (χ3n) is 4.71. The molecule has 1 fully saturated rings. The van der Waals surface area contributed by atoms with Gasteiger partial charge in [-0.2, -0.15) is 0 Å². The lowest BCUT2D eigenvalue weighted by molar-refractivity contribution is 0.140. The molecule has 5 nitrogen and oxygen atoms in total. The summed E-state index contributed by atoms with van der Waals surface area (Å²) in [6, 6.07) is 8.09. The van der Waals surface area contributed by atoms with Crippen molar-refractivity contribution < 1.29 is 4.74 Å². The van der Waals surface area contributed by atoms with Crippen LogP contribution in [0.2, 0.25) is 0 Å². The van der Waals surface area contributed by atoms with Gasteiger partial charge in [-0.1, -0.05) is 26.0 Å². The van der Waals surface area contributed by atoms with Crippen LogP contribution in [-0.2, 0) is 6.54 Å². The molecule has 0 spiro atoms. The molecular weight excluding hydrogens is 439 g/mol. The smallest absolute Gasteiger partial charge is 0.191 e. The van der Waals surface area contributed by atoms with Crippen LogP contribution in [0.1, 0.15) is 32.3 Å². The summed E-state index contributed by atoms with van der Waals surface area (Å²) >= 11 is 0. The largest absolute Gasteiger partial charge is 0.497 e. The van der Waals surface area contributed by atoms with Crippen molar-refractivity contribution in [2.45, 2.75) is 33.2 Å². The molecule has 1 heterocycles. The highest BCUT2D eigenvalue weighted by Crippen LogP contribution is 2.20. The van der Waals surface area contributed by atoms with Crippen molar-refractivity contribution in [3.63, 3.8) is 0 Å². The molecular formula is C20H35IN4O. The van der Waals surface area contributed by atoms with Crippen molar-refractivity contribution in [1.82, 2.24) is 15.5 Å². The summed E-state index contributed by atoms with van der Waals surface area (Å²) in [5.41, 5.74) is 1.18. The van der Waals surface area contributed by atoms with Gasteiger partial charge in [-0.3, -0.25) is 4.99 Å². The lowest BCUT2D eigenvalue weighted by Crippen LogP contribution is -2.41. The Balaban J connectivity index is 0.00000338. The Labute approximate surface area is 176 Å². The fourth-order valence-corrected chi connectivity index (χ4v) is 3.67. The number of rotatable bonds is 7. The minimum Gasteiger partial charge on any atom is -0.497 e. The monoisotopic (exact) mass is 474 g/mol. The van der Waals surface area contributed by atoms with E-state index in [0.29, 0.717) is 0 Å². The molecule has 148 valence electrons. The van der Waals surface area contributed by atoms with Gasteiger partial charge in [-0.25, -0.2) is 0 Å². The number of halogens is 1. The van der Waals surface area contributed by atoms with Crippen LogP contribution in [0.4, 0.5) is 0 Å². The highest BCUT2D eigenvalue weighted by atomic mass is 127. The zero-order valence-electron chi connectivity index (χ0n) is 16.6. The third kappa shape index (κ3) is 8.12. The van der Waals surface area contributed by atoms with E-state index >= 15 is 0 Å². The van der Waals surface area contributed by atoms with Crippen LogP contribution in [-0.4, -0.2) is 51.2 Å². The summed E-state index contributed by atoms with van der Waals surface area (Å²) < 4.78 is 5.26. The van der Waals surface area contributed by atoms with Gasteiger partial charge in [0.05, 0.1) is 7.11 Å². The Kier molecular flexibility index (Phi) is 11.0. The molecule has 1 saturated heterocycles. The van der Waals surface area contributed by atoms with Gasteiger partial charge in [-0.05, 0) is 48.9 Å². The van der Waals surface area contributed by atoms with Crippen LogP contribution in [0.15, 0.2) is 29.3 Å². The molecule has 26 heavy (non-hydrogen) atoms. The molecule has 0 saturated carbocycles. The minimum absolute atomic E-state index is 0. The van der Waals surface area contributed by atoms with Gasteiger partial charge in [0.15, 0.2) is 5.96 Å². The van der Waals surface area contributed by atoms with Gasteiger partial charge in [0, 0.05) is 33.2 Å². The number of piperidine rings is 1. The van der Waals surface area contributed by atoms with Crippen LogP contribution in [0, 0.1) is 11.8 Å². The van der Waals surface area contributed by atoms with Crippen molar-refractivity contribution in [3.05, 3.63) is 29.8 Å². The number of likely N-dealkylation sites (tertiary alicyclic amines) is 1. The number of ether oxygens (including phenoxy) is 1. The number of hydrogen-bond acceptors (Lipinski definition) is 3. The van der Waals surface area contributed by atoms with Crippen molar-refractivity contribution in [2.75, 3.05) is 40.3 Å². The fraction of sp³-hybridized carbons (Fsp3) is 0.650. The van der Waals surface area contributed by atoms with Crippen LogP contribution in [0.25, 0.3) is 0 Å². The molecule has 2 unspecified atom stereocenters. The van der Waals surface area contributed by atoms with Gasteiger partial charge in [0.2, 0.25) is 0 Å². The minimum atomic E-state index is 0. The predicted octanol–water partition coefficient (Wildman–Crippen LogP) is 3.35. The number of benzene rings is 1. The number of aliphatic imine (C=N–C) groups is 1. The van der Waals surface area contributed by atoms with Crippen molar-refractivity contribution in [3.8, 4) is 5.75 Å². The van der Waals surface area contributed by atoms with E-state index in [1.807, 2.05) is 25.2 Å². The van der Waals surface area contributed by atoms with E-state index < -0.39 is 0 Å². The van der Waals surface area contributed by atoms with Gasteiger partial charge < -0.3 is 20.3 Å². The van der Waals surface area contributed by atoms with Crippen LogP contribution in [0.5, 0.6) is 5.75 Å². The topological polar surface area (TPSA) is 48.9 Å². The molecule has 2 atom stereocenters. The zero-order valence-corrected chi connectivity index (χ0v) is 19.0. The SMILES string of the molecule is CN=C(NCCCN1CC(C)CC(C)C1)NCc1cccc(OC)c1.I. The maximum absolute atomic E-state index is 5.26. The Bertz CT molecular complexity index is 542. The first-order valence-electron chi connectivity index (χ1n) is 9.40. The summed E-state index contributed by atoms with van der Waals surface area (Å²) in [7, 11) is 3.51. The number of nitrogens with one attached hydrogen (secondary N) is 2. The van der Waals surface area contributed by atoms with Gasteiger partial charge in [0.1, 0.15) is 5.75 Å². The zero-order chi connectivity index (χ0) is 18.1. The number of hydrogen-bond donors (Lipinski definition) is 2. The normalized spacial score (nSPS) is 21.0. The molecule has 1 aliphatic heterocycles. The first kappa shape index (κ1) is 23.0. The van der Waals surface area contributed by atoms with Crippen molar-refractivity contribution in [2.24, 2.45) is 16.8 Å². The molecule has 0 aliphatic carbocycles. The summed E-state index contributed by atoms with van der Waals surface area (Å²) in [6.07, 6.45) is 2.51. The highest BCUT2D eigenvalue weighted by Gasteiger charge is 2.20. The molecule has 0 amide bonds. The Morgan fingerprint density at radius 3 is 2.62 bits per heavy atom. The van der Waals surface area contributed by atoms with E-state index in [1.54, 1.807) is 7.11 Å². The van der Waals surface area contributed by atoms with Gasteiger partial charge >= 0.3 is 0 Å². The molecule has 0 bridgehead atoms. The number of methoxy groups -OCH3 is 1. The Morgan fingerprint density at radius 2 is 1.96 bits per heavy atom. The molecule has 2 N–H and O–H groups in total. The quantitative estimate of drug-likeness (QED) is 0.276. The van der Waals surface area contributed by atoms with Crippen LogP contribution < -0.4 is 15.4 Å². The summed E-state index contributed by atoms with van der Waals surface area (Å²) in [6.45, 7) is 10.1. The second-order valence-corrected chi connectivity index (χ2v) is 7.26.